The molecule has 3 heterocycles. The van der Waals surface area contributed by atoms with Crippen LogP contribution in [-0.4, -0.2) is 16.8 Å². The standard InChI is InChI=1S/C24H21ClN4O2S2/c25-14-8-6-12(7-9-14)16-11-32-24(18(16)21(27)30)29-22(31)20-19(26)15-10-13-4-2-1-3-5-17(13)28-23(15)33-20/h6-11H,1-5,26H2,(H2,27,30)(H,29,31). The molecule has 168 valence electrons. The highest BCUT2D eigenvalue weighted by atomic mass is 35.5. The van der Waals surface area contributed by atoms with Crippen molar-refractivity contribution in [3.63, 3.8) is 0 Å². The van der Waals surface area contributed by atoms with E-state index in [1.54, 1.807) is 17.5 Å². The maximum absolute atomic E-state index is 13.2. The summed E-state index contributed by atoms with van der Waals surface area (Å²) >= 11 is 8.50. The Kier molecular flexibility index (Phi) is 5.82. The third kappa shape index (κ3) is 4.10. The minimum absolute atomic E-state index is 0.264. The summed E-state index contributed by atoms with van der Waals surface area (Å²) in [6, 6.07) is 9.18. The Morgan fingerprint density at radius 2 is 1.85 bits per heavy atom. The number of amides is 2. The fourth-order valence-corrected chi connectivity index (χ4v) is 6.29. The maximum Gasteiger partial charge on any atom is 0.268 e. The Morgan fingerprint density at radius 3 is 2.61 bits per heavy atom. The van der Waals surface area contributed by atoms with Crippen LogP contribution in [-0.2, 0) is 12.8 Å². The summed E-state index contributed by atoms with van der Waals surface area (Å²) in [5, 5.41) is 6.44. The number of nitrogens with one attached hydrogen (secondary N) is 1. The fourth-order valence-electron chi connectivity index (χ4n) is 4.20. The van der Waals surface area contributed by atoms with Crippen molar-refractivity contribution in [1.82, 2.24) is 4.98 Å². The van der Waals surface area contributed by atoms with Gasteiger partial charge in [0.05, 0.1) is 11.3 Å². The zero-order valence-electron chi connectivity index (χ0n) is 17.6. The highest BCUT2D eigenvalue weighted by molar-refractivity contribution is 7.21. The molecule has 0 radical (unpaired) electrons. The van der Waals surface area contributed by atoms with Crippen LogP contribution in [0.15, 0.2) is 35.7 Å². The second-order valence-corrected chi connectivity index (χ2v) is 10.3. The smallest absolute Gasteiger partial charge is 0.268 e. The molecule has 3 aromatic heterocycles. The lowest BCUT2D eigenvalue weighted by Crippen LogP contribution is -2.17. The summed E-state index contributed by atoms with van der Waals surface area (Å²) in [6.45, 7) is 0. The molecule has 1 aromatic carbocycles. The maximum atomic E-state index is 13.2. The molecule has 5 rings (SSSR count). The van der Waals surface area contributed by atoms with E-state index < -0.39 is 5.91 Å². The van der Waals surface area contributed by atoms with Crippen molar-refractivity contribution in [3.05, 3.63) is 62.4 Å². The number of primary amides is 1. The van der Waals surface area contributed by atoms with Crippen molar-refractivity contribution in [2.75, 3.05) is 11.1 Å². The van der Waals surface area contributed by atoms with Gasteiger partial charge < -0.3 is 16.8 Å². The molecule has 0 fully saturated rings. The van der Waals surface area contributed by atoms with Crippen LogP contribution < -0.4 is 16.8 Å². The molecule has 0 spiro atoms. The SMILES string of the molecule is NC(=O)c1c(-c2ccc(Cl)cc2)csc1NC(=O)c1sc2nc3c(cc2c1N)CCCCC3. The van der Waals surface area contributed by atoms with E-state index in [0.29, 0.717) is 26.2 Å². The summed E-state index contributed by atoms with van der Waals surface area (Å²) in [6.07, 6.45) is 5.41. The molecule has 0 atom stereocenters. The Labute approximate surface area is 203 Å². The van der Waals surface area contributed by atoms with E-state index in [2.05, 4.69) is 11.4 Å². The molecule has 5 N–H and O–H groups in total. The Balaban J connectivity index is 1.49. The minimum atomic E-state index is -0.619. The molecule has 1 aliphatic carbocycles. The number of hydrogen-bond donors (Lipinski definition) is 3. The third-order valence-electron chi connectivity index (χ3n) is 5.88. The molecule has 9 heteroatoms. The van der Waals surface area contributed by atoms with Crippen LogP contribution in [0.5, 0.6) is 0 Å². The quantitative estimate of drug-likeness (QED) is 0.306. The molecule has 4 aromatic rings. The number of aryl methyl sites for hydroxylation is 2. The number of nitrogens with two attached hydrogens (primary N) is 2. The lowest BCUT2D eigenvalue weighted by molar-refractivity contribution is 0.100. The van der Waals surface area contributed by atoms with Gasteiger partial charge in [0.1, 0.15) is 14.7 Å². The predicted octanol–water partition coefficient (Wildman–Crippen LogP) is 5.88. The molecule has 0 saturated heterocycles. The number of nitrogens with zero attached hydrogens (tertiary/aromatic N) is 1. The van der Waals surface area contributed by atoms with E-state index in [-0.39, 0.29) is 11.5 Å². The van der Waals surface area contributed by atoms with E-state index in [1.165, 1.54) is 34.7 Å². The van der Waals surface area contributed by atoms with Crippen molar-refractivity contribution in [3.8, 4) is 11.1 Å². The first kappa shape index (κ1) is 21.9. The van der Waals surface area contributed by atoms with Gasteiger partial charge in [-0.05, 0) is 55.0 Å². The number of carbonyl (C=O) groups excluding carboxylic acids is 2. The molecule has 2 amide bonds. The number of pyridine rings is 1. The first-order valence-corrected chi connectivity index (χ1v) is 12.7. The van der Waals surface area contributed by atoms with Crippen molar-refractivity contribution < 1.29 is 9.59 Å². The van der Waals surface area contributed by atoms with Gasteiger partial charge in [0.15, 0.2) is 0 Å². The largest absolute Gasteiger partial charge is 0.397 e. The van der Waals surface area contributed by atoms with Gasteiger partial charge in [-0.1, -0.05) is 30.2 Å². The van der Waals surface area contributed by atoms with Gasteiger partial charge in [-0.25, -0.2) is 4.98 Å². The normalized spacial score (nSPS) is 13.5. The topological polar surface area (TPSA) is 111 Å². The van der Waals surface area contributed by atoms with Gasteiger partial charge >= 0.3 is 0 Å². The molecule has 0 bridgehead atoms. The number of halogens is 1. The van der Waals surface area contributed by atoms with Gasteiger partial charge in [0.25, 0.3) is 11.8 Å². The van der Waals surface area contributed by atoms with Crippen molar-refractivity contribution in [2.45, 2.75) is 32.1 Å². The van der Waals surface area contributed by atoms with Crippen LogP contribution in [0, 0.1) is 0 Å². The number of fused-ring (bicyclic) bond motifs is 2. The summed E-state index contributed by atoms with van der Waals surface area (Å²) < 4.78 is 0. The highest BCUT2D eigenvalue weighted by Gasteiger charge is 2.24. The van der Waals surface area contributed by atoms with E-state index >= 15 is 0 Å². The van der Waals surface area contributed by atoms with Crippen LogP contribution in [0.2, 0.25) is 5.02 Å². The highest BCUT2D eigenvalue weighted by Crippen LogP contribution is 2.39. The number of thiophene rings is 2. The fraction of sp³-hybridized carbons (Fsp3) is 0.208. The summed E-state index contributed by atoms with van der Waals surface area (Å²) in [7, 11) is 0. The van der Waals surface area contributed by atoms with E-state index in [1.807, 2.05) is 12.1 Å². The van der Waals surface area contributed by atoms with E-state index in [4.69, 9.17) is 28.1 Å². The summed E-state index contributed by atoms with van der Waals surface area (Å²) in [4.78, 5) is 31.4. The van der Waals surface area contributed by atoms with E-state index in [9.17, 15) is 9.59 Å². The van der Waals surface area contributed by atoms with Crippen LogP contribution in [0.3, 0.4) is 0 Å². The van der Waals surface area contributed by atoms with Gasteiger partial charge in [-0.3, -0.25) is 9.59 Å². The average molecular weight is 497 g/mol. The van der Waals surface area contributed by atoms with Gasteiger partial charge in [0, 0.05) is 27.0 Å². The summed E-state index contributed by atoms with van der Waals surface area (Å²) in [5.74, 6) is -0.996. The van der Waals surface area contributed by atoms with Crippen LogP contribution in [0.1, 0.15) is 50.5 Å². The van der Waals surface area contributed by atoms with Gasteiger partial charge in [-0.2, -0.15) is 0 Å². The van der Waals surface area contributed by atoms with Gasteiger partial charge in [-0.15, -0.1) is 22.7 Å². The summed E-state index contributed by atoms with van der Waals surface area (Å²) in [5.41, 5.74) is 16.5. The second-order valence-electron chi connectivity index (χ2n) is 8.03. The van der Waals surface area contributed by atoms with Crippen molar-refractivity contribution >= 4 is 67.0 Å². The molecule has 0 aliphatic heterocycles. The molecule has 0 saturated carbocycles. The third-order valence-corrected chi connectivity index (χ3v) is 8.14. The van der Waals surface area contributed by atoms with Crippen LogP contribution >= 0.6 is 34.3 Å². The molecular formula is C24H21ClN4O2S2. The number of carbonyl (C=O) groups is 2. The molecule has 1 aliphatic rings. The Hall–Kier alpha value is -2.94. The lowest BCUT2D eigenvalue weighted by atomic mass is 10.0. The molecule has 33 heavy (non-hydrogen) atoms. The Morgan fingerprint density at radius 1 is 1.09 bits per heavy atom. The Bertz CT molecular complexity index is 1390. The number of benzene rings is 1. The number of hydrogen-bond acceptors (Lipinski definition) is 6. The lowest BCUT2D eigenvalue weighted by Gasteiger charge is -2.06. The minimum Gasteiger partial charge on any atom is -0.397 e. The molecule has 6 nitrogen and oxygen atoms in total. The molecular weight excluding hydrogens is 476 g/mol. The number of rotatable bonds is 4. The number of anilines is 2. The zero-order valence-corrected chi connectivity index (χ0v) is 20.0. The number of aromatic nitrogens is 1. The predicted molar refractivity (Wildman–Crippen MR) is 137 cm³/mol. The first-order valence-electron chi connectivity index (χ1n) is 10.6. The van der Waals surface area contributed by atoms with Gasteiger partial charge in [0.2, 0.25) is 0 Å². The van der Waals surface area contributed by atoms with Crippen molar-refractivity contribution in [1.29, 1.82) is 0 Å². The first-order chi connectivity index (χ1) is 15.9. The second kappa shape index (κ2) is 8.78. The van der Waals surface area contributed by atoms with Crippen LogP contribution in [0.25, 0.3) is 21.3 Å². The number of nitrogen functional groups attached to an aromatic ring is 1. The van der Waals surface area contributed by atoms with E-state index in [0.717, 1.165) is 47.2 Å². The van der Waals surface area contributed by atoms with Crippen LogP contribution in [0.4, 0.5) is 10.7 Å². The monoisotopic (exact) mass is 496 g/mol. The van der Waals surface area contributed by atoms with Crippen molar-refractivity contribution in [2.24, 2.45) is 5.73 Å². The molecule has 0 unspecified atom stereocenters. The average Bonchev–Trinajstić information content (AvgIpc) is 3.25. The zero-order chi connectivity index (χ0) is 23.1.